The van der Waals surface area contributed by atoms with Crippen molar-refractivity contribution in [3.63, 3.8) is 0 Å². The second-order valence-corrected chi connectivity index (χ2v) is 21.8. The average molecular weight is 1070 g/mol. The highest BCUT2D eigenvalue weighted by Crippen LogP contribution is 2.64. The largest absolute Gasteiger partial charge is 0.459 e. The highest BCUT2D eigenvalue weighted by molar-refractivity contribution is 6.40. The molecule has 3 aliphatic carbocycles. The van der Waals surface area contributed by atoms with Crippen molar-refractivity contribution >= 4 is 53.6 Å². The number of benzene rings is 3. The minimum absolute atomic E-state index is 0.0127. The van der Waals surface area contributed by atoms with E-state index in [1.807, 2.05) is 0 Å². The van der Waals surface area contributed by atoms with E-state index in [1.54, 1.807) is 87.5 Å². The number of carbonyl (C=O) groups excluding carboxylic acids is 9. The Bertz CT molecular complexity index is 2710. The van der Waals surface area contributed by atoms with E-state index in [0.717, 1.165) is 12.5 Å². The minimum Gasteiger partial charge on any atom is -0.459 e. The Labute approximate surface area is 444 Å². The van der Waals surface area contributed by atoms with Gasteiger partial charge >= 0.3 is 42.0 Å². The summed E-state index contributed by atoms with van der Waals surface area (Å²) >= 11 is 0. The molecule has 1 heterocycles. The summed E-state index contributed by atoms with van der Waals surface area (Å²) in [5.41, 5.74) is -8.41. The summed E-state index contributed by atoms with van der Waals surface area (Å²) in [4.78, 5) is 125. The van der Waals surface area contributed by atoms with E-state index in [1.165, 1.54) is 52.0 Å². The molecule has 3 unspecified atom stereocenters. The van der Waals surface area contributed by atoms with Crippen LogP contribution in [0.5, 0.6) is 0 Å². The summed E-state index contributed by atoms with van der Waals surface area (Å²) in [5.74, 6) is -12.0. The molecule has 414 valence electrons. The molecule has 4 fully saturated rings. The topological polar surface area (TPSA) is 292 Å². The number of aliphatic hydroxyl groups is 2. The van der Waals surface area contributed by atoms with Crippen LogP contribution in [0.1, 0.15) is 102 Å². The van der Waals surface area contributed by atoms with E-state index in [4.69, 9.17) is 37.9 Å². The number of hydrogen-bond acceptors (Lipinski definition) is 19. The minimum atomic E-state index is -2.51. The third-order valence-electron chi connectivity index (χ3n) is 15.3. The van der Waals surface area contributed by atoms with E-state index in [0.29, 0.717) is 0 Å². The van der Waals surface area contributed by atoms with Gasteiger partial charge in [-0.15, -0.1) is 0 Å². The molecule has 1 saturated heterocycles. The number of aliphatic hydroxyl groups excluding tert-OH is 1. The van der Waals surface area contributed by atoms with Gasteiger partial charge in [0, 0.05) is 43.6 Å². The lowest BCUT2D eigenvalue weighted by atomic mass is 9.42. The van der Waals surface area contributed by atoms with Gasteiger partial charge in [0.25, 0.3) is 0 Å². The summed E-state index contributed by atoms with van der Waals surface area (Å²) in [6, 6.07) is 22.7. The molecule has 2 amide bonds. The van der Waals surface area contributed by atoms with Gasteiger partial charge in [-0.2, -0.15) is 0 Å². The lowest BCUT2D eigenvalue weighted by Crippen LogP contribution is -2.82. The summed E-state index contributed by atoms with van der Waals surface area (Å²) in [6.07, 6.45) is -11.6. The molecule has 3 aromatic rings. The molecule has 77 heavy (non-hydrogen) atoms. The SMILES string of the molecule is CC(=O)O[C@@]12CO[C@@H]1C[C@H](O)[C@@]1(C)C(=O)C(=O)C3C(C)[C@@H](OC(=O)[C@H](OC(=O)COC(=O)CCNC(=O)OCc4ccccc4)[C@@H](NC(=O)OC(C)(C)C)c4ccccc4)C[C@@](O)(C(OC(=O)c4ccccc4)[C@H]21)C3(C)C. The van der Waals surface area contributed by atoms with Crippen LogP contribution in [0.15, 0.2) is 91.0 Å². The van der Waals surface area contributed by atoms with Crippen LogP contribution in [0.2, 0.25) is 0 Å². The van der Waals surface area contributed by atoms with Crippen molar-refractivity contribution in [2.75, 3.05) is 19.8 Å². The second-order valence-electron chi connectivity index (χ2n) is 21.8. The van der Waals surface area contributed by atoms with Gasteiger partial charge in [-0.05, 0) is 51.0 Å². The fourth-order valence-electron chi connectivity index (χ4n) is 11.4. The van der Waals surface area contributed by atoms with E-state index in [9.17, 15) is 39.0 Å². The van der Waals surface area contributed by atoms with Crippen LogP contribution in [0, 0.1) is 28.6 Å². The highest BCUT2D eigenvalue weighted by Gasteiger charge is 2.79. The molecule has 12 atom stereocenters. The zero-order valence-corrected chi connectivity index (χ0v) is 44.1. The number of fused-ring (bicyclic) bond motifs is 5. The Balaban J connectivity index is 1.23. The summed E-state index contributed by atoms with van der Waals surface area (Å²) in [6.45, 7) is 9.95. The second kappa shape index (κ2) is 22.8. The maximum atomic E-state index is 15.2. The Morgan fingerprint density at radius 1 is 0.831 bits per heavy atom. The molecule has 21 heteroatoms. The zero-order chi connectivity index (χ0) is 56.3. The van der Waals surface area contributed by atoms with Crippen LogP contribution in [-0.4, -0.2) is 131 Å². The number of ether oxygens (including phenoxy) is 8. The van der Waals surface area contributed by atoms with Crippen molar-refractivity contribution in [3.8, 4) is 0 Å². The van der Waals surface area contributed by atoms with Crippen LogP contribution >= 0.6 is 0 Å². The monoisotopic (exact) mass is 1070 g/mol. The van der Waals surface area contributed by atoms with Crippen LogP contribution in [0.3, 0.4) is 0 Å². The van der Waals surface area contributed by atoms with E-state index >= 15 is 14.4 Å². The van der Waals surface area contributed by atoms with Crippen LogP contribution < -0.4 is 10.6 Å². The molecule has 1 aliphatic heterocycles. The van der Waals surface area contributed by atoms with Gasteiger partial charge < -0.3 is 58.7 Å². The average Bonchev–Trinajstić information content (AvgIpc) is 3.47. The van der Waals surface area contributed by atoms with Crippen LogP contribution in [0.4, 0.5) is 9.59 Å². The summed E-state index contributed by atoms with van der Waals surface area (Å²) in [7, 11) is 0. The number of alkyl carbamates (subject to hydrolysis) is 2. The number of nitrogens with one attached hydrogen (secondary N) is 2. The molecule has 21 nitrogen and oxygen atoms in total. The van der Waals surface area contributed by atoms with E-state index in [-0.39, 0.29) is 37.3 Å². The molecule has 4 N–H and O–H groups in total. The molecule has 3 aromatic carbocycles. The quantitative estimate of drug-likeness (QED) is 0.0850. The van der Waals surface area contributed by atoms with Crippen molar-refractivity contribution in [2.24, 2.45) is 28.6 Å². The fourth-order valence-corrected chi connectivity index (χ4v) is 11.4. The van der Waals surface area contributed by atoms with Crippen molar-refractivity contribution in [2.45, 2.75) is 135 Å². The molecule has 0 radical (unpaired) electrons. The molecule has 0 aromatic heterocycles. The van der Waals surface area contributed by atoms with Crippen molar-refractivity contribution in [1.29, 1.82) is 0 Å². The lowest BCUT2D eigenvalue weighted by Gasteiger charge is -2.67. The van der Waals surface area contributed by atoms with Gasteiger partial charge in [0.05, 0.1) is 36.0 Å². The number of ketones is 2. The third kappa shape index (κ3) is 11.9. The first-order valence-corrected chi connectivity index (χ1v) is 25.3. The Morgan fingerprint density at radius 2 is 1.45 bits per heavy atom. The Morgan fingerprint density at radius 3 is 2.05 bits per heavy atom. The maximum Gasteiger partial charge on any atom is 0.408 e. The molecular weight excluding hydrogens is 1000 g/mol. The van der Waals surface area contributed by atoms with Crippen molar-refractivity contribution < 1.29 is 91.3 Å². The predicted octanol–water partition coefficient (Wildman–Crippen LogP) is 4.81. The Kier molecular flexibility index (Phi) is 17.0. The number of carbonyl (C=O) groups is 9. The van der Waals surface area contributed by atoms with Crippen molar-refractivity contribution in [3.05, 3.63) is 108 Å². The highest BCUT2D eigenvalue weighted by atomic mass is 16.6. The van der Waals surface area contributed by atoms with Crippen LogP contribution in [-0.2, 0) is 73.3 Å². The van der Waals surface area contributed by atoms with Gasteiger partial charge in [0.15, 0.2) is 12.2 Å². The first-order valence-electron chi connectivity index (χ1n) is 25.3. The van der Waals surface area contributed by atoms with Crippen LogP contribution in [0.25, 0.3) is 0 Å². The van der Waals surface area contributed by atoms with E-state index in [2.05, 4.69) is 10.6 Å². The zero-order valence-electron chi connectivity index (χ0n) is 44.1. The normalized spacial score (nSPS) is 28.8. The van der Waals surface area contributed by atoms with Gasteiger partial charge in [0.2, 0.25) is 17.7 Å². The van der Waals surface area contributed by atoms with Gasteiger partial charge in [-0.25, -0.2) is 24.0 Å². The van der Waals surface area contributed by atoms with E-state index < -0.39 is 155 Å². The molecular formula is C56H66N2O19. The molecule has 0 spiro atoms. The fraction of sp³-hybridized carbons (Fsp3) is 0.518. The molecule has 3 saturated carbocycles. The summed E-state index contributed by atoms with van der Waals surface area (Å²) < 4.78 is 46.1. The molecule has 2 bridgehead atoms. The standard InChI is InChI=1S/C56H66N2O19/c1-31-36(27-56(69)47(75-48(65)35-22-16-11-17-23-35)45-54(8,46(64)43(63)41(31)53(56,6)7)37(60)26-38-55(45,30-72-38)76-32(2)59)73-49(66)44(42(34-20-14-10-15-21-34)58-51(68)77-52(3,4)5)74-40(62)29-70-39(61)24-25-57-50(67)71-28-33-18-12-9-13-19-33/h9-23,31,36-38,41-42,44-45,47,60,69H,24-30H2,1-8H3,(H,57,67)(H,58,68)/t31?,36-,37-,38+,41?,42-,44+,45-,47?,54+,55-,56+/m0/s1. The third-order valence-corrected chi connectivity index (χ3v) is 15.3. The summed E-state index contributed by atoms with van der Waals surface area (Å²) in [5, 5.41) is 30.7. The first kappa shape index (κ1) is 57.5. The lowest BCUT2D eigenvalue weighted by molar-refractivity contribution is -0.350. The molecule has 4 aliphatic rings. The number of esters is 5. The Hall–Kier alpha value is -7.23. The number of Topliss-reactive ketones (excluding diaryl/α,β-unsaturated/α-hetero) is 2. The maximum absolute atomic E-state index is 15.2. The molecule has 7 rings (SSSR count). The first-order chi connectivity index (χ1) is 36.2. The number of hydrogen-bond donors (Lipinski definition) is 4. The van der Waals surface area contributed by atoms with Gasteiger partial charge in [0.1, 0.15) is 42.2 Å². The number of amides is 2. The smallest absolute Gasteiger partial charge is 0.408 e. The number of rotatable bonds is 16. The predicted molar refractivity (Wildman–Crippen MR) is 267 cm³/mol. The van der Waals surface area contributed by atoms with Gasteiger partial charge in [-0.1, -0.05) is 99.6 Å². The van der Waals surface area contributed by atoms with Crippen molar-refractivity contribution in [1.82, 2.24) is 10.6 Å². The van der Waals surface area contributed by atoms with Gasteiger partial charge in [-0.3, -0.25) is 19.2 Å².